The highest BCUT2D eigenvalue weighted by Crippen LogP contribution is 2.30. The number of ketones is 1. The minimum Gasteiger partial charge on any atom is -0.298 e. The molecular formula is C9H15BrO. The lowest BCUT2D eigenvalue weighted by molar-refractivity contribution is -0.122. The molecule has 11 heavy (non-hydrogen) atoms. The first kappa shape index (κ1) is 9.24. The Morgan fingerprint density at radius 1 is 1.45 bits per heavy atom. The summed E-state index contributed by atoms with van der Waals surface area (Å²) in [6.07, 6.45) is 4.91. The van der Waals surface area contributed by atoms with Crippen LogP contribution in [0.15, 0.2) is 0 Å². The Bertz CT molecular complexity index is 144. The number of carbonyl (C=O) groups is 1. The average molecular weight is 219 g/mol. The lowest BCUT2D eigenvalue weighted by atomic mass is 9.78. The van der Waals surface area contributed by atoms with E-state index in [1.54, 1.807) is 0 Å². The van der Waals surface area contributed by atoms with Crippen LogP contribution in [0.5, 0.6) is 0 Å². The van der Waals surface area contributed by atoms with Gasteiger partial charge in [0.05, 0.1) is 5.33 Å². The molecule has 0 saturated heterocycles. The molecule has 0 radical (unpaired) electrons. The van der Waals surface area contributed by atoms with Crippen molar-refractivity contribution in [2.24, 2.45) is 11.8 Å². The second-order valence-electron chi connectivity index (χ2n) is 3.47. The van der Waals surface area contributed by atoms with Gasteiger partial charge in [0, 0.05) is 5.92 Å². The Morgan fingerprint density at radius 2 is 2.09 bits per heavy atom. The molecule has 1 nitrogen and oxygen atoms in total. The van der Waals surface area contributed by atoms with Gasteiger partial charge in [-0.2, -0.15) is 0 Å². The van der Waals surface area contributed by atoms with E-state index in [2.05, 4.69) is 22.9 Å². The quantitative estimate of drug-likeness (QED) is 0.652. The molecule has 0 N–H and O–H groups in total. The Labute approximate surface area is 76.7 Å². The summed E-state index contributed by atoms with van der Waals surface area (Å²) in [7, 11) is 0. The first-order valence-electron chi connectivity index (χ1n) is 4.34. The molecule has 2 atom stereocenters. The Morgan fingerprint density at radius 3 is 2.64 bits per heavy atom. The third kappa shape index (κ3) is 2.29. The number of hydrogen-bond acceptors (Lipinski definition) is 1. The average Bonchev–Trinajstić information content (AvgIpc) is 2.04. The third-order valence-corrected chi connectivity index (χ3v) is 3.21. The largest absolute Gasteiger partial charge is 0.298 e. The molecule has 0 amide bonds. The van der Waals surface area contributed by atoms with Gasteiger partial charge in [-0.25, -0.2) is 0 Å². The van der Waals surface area contributed by atoms with Crippen LogP contribution in [0.4, 0.5) is 0 Å². The van der Waals surface area contributed by atoms with E-state index in [-0.39, 0.29) is 0 Å². The summed E-state index contributed by atoms with van der Waals surface area (Å²) in [6.45, 7) is 2.20. The number of hydrogen-bond donors (Lipinski definition) is 0. The lowest BCUT2D eigenvalue weighted by Gasteiger charge is -2.26. The molecule has 1 saturated carbocycles. The second kappa shape index (κ2) is 4.24. The van der Waals surface area contributed by atoms with E-state index in [0.717, 1.165) is 6.42 Å². The summed E-state index contributed by atoms with van der Waals surface area (Å²) in [5.74, 6) is 1.37. The van der Waals surface area contributed by atoms with Crippen molar-refractivity contribution in [2.45, 2.75) is 32.6 Å². The number of carbonyl (C=O) groups excluding carboxylic acids is 1. The molecule has 0 aromatic rings. The zero-order valence-electron chi connectivity index (χ0n) is 6.98. The van der Waals surface area contributed by atoms with Crippen molar-refractivity contribution in [1.29, 1.82) is 0 Å². The van der Waals surface area contributed by atoms with Gasteiger partial charge in [-0.15, -0.1) is 0 Å². The summed E-state index contributed by atoms with van der Waals surface area (Å²) >= 11 is 3.23. The summed E-state index contributed by atoms with van der Waals surface area (Å²) in [4.78, 5) is 11.3. The predicted octanol–water partition coefficient (Wildman–Crippen LogP) is 2.78. The minimum atomic E-state index is 0.350. The van der Waals surface area contributed by atoms with Gasteiger partial charge in [0.1, 0.15) is 5.78 Å². The zero-order chi connectivity index (χ0) is 8.27. The van der Waals surface area contributed by atoms with Gasteiger partial charge < -0.3 is 0 Å². The van der Waals surface area contributed by atoms with Crippen molar-refractivity contribution in [3.05, 3.63) is 0 Å². The highest BCUT2D eigenvalue weighted by atomic mass is 79.9. The van der Waals surface area contributed by atoms with E-state index in [9.17, 15) is 4.79 Å². The maximum Gasteiger partial charge on any atom is 0.146 e. The van der Waals surface area contributed by atoms with Gasteiger partial charge in [-0.1, -0.05) is 42.1 Å². The summed E-state index contributed by atoms with van der Waals surface area (Å²) < 4.78 is 0. The molecule has 1 fully saturated rings. The van der Waals surface area contributed by atoms with E-state index in [0.29, 0.717) is 22.9 Å². The van der Waals surface area contributed by atoms with Crippen LogP contribution in [0.25, 0.3) is 0 Å². The van der Waals surface area contributed by atoms with E-state index in [1.807, 2.05) is 0 Å². The molecule has 1 rings (SSSR count). The fourth-order valence-corrected chi connectivity index (χ4v) is 2.31. The second-order valence-corrected chi connectivity index (χ2v) is 4.03. The van der Waals surface area contributed by atoms with Gasteiger partial charge >= 0.3 is 0 Å². The third-order valence-electron chi connectivity index (χ3n) is 2.66. The first-order valence-corrected chi connectivity index (χ1v) is 5.46. The molecule has 0 aromatic heterocycles. The summed E-state index contributed by atoms with van der Waals surface area (Å²) in [6, 6.07) is 0. The normalized spacial score (nSPS) is 31.8. The topological polar surface area (TPSA) is 17.1 Å². The van der Waals surface area contributed by atoms with Gasteiger partial charge in [0.25, 0.3) is 0 Å². The van der Waals surface area contributed by atoms with Crippen LogP contribution in [-0.4, -0.2) is 11.1 Å². The van der Waals surface area contributed by atoms with Crippen molar-refractivity contribution in [1.82, 2.24) is 0 Å². The smallest absolute Gasteiger partial charge is 0.146 e. The van der Waals surface area contributed by atoms with Crippen LogP contribution in [0, 0.1) is 11.8 Å². The monoisotopic (exact) mass is 218 g/mol. The first-order chi connectivity index (χ1) is 5.25. The Hall–Kier alpha value is 0.150. The zero-order valence-corrected chi connectivity index (χ0v) is 8.56. The van der Waals surface area contributed by atoms with E-state index < -0.39 is 0 Å². The Kier molecular flexibility index (Phi) is 3.57. The van der Waals surface area contributed by atoms with Crippen LogP contribution in [0.2, 0.25) is 0 Å². The SMILES string of the molecule is C[C@H]1CCCC[C@H]1C(=O)CBr. The predicted molar refractivity (Wildman–Crippen MR) is 49.9 cm³/mol. The number of rotatable bonds is 2. The molecule has 64 valence electrons. The minimum absolute atomic E-state index is 0.350. The van der Waals surface area contributed by atoms with Crippen LogP contribution in [0.3, 0.4) is 0 Å². The molecule has 2 heteroatoms. The molecule has 0 unspecified atom stereocenters. The van der Waals surface area contributed by atoms with Crippen LogP contribution in [-0.2, 0) is 4.79 Å². The molecule has 0 bridgehead atoms. The van der Waals surface area contributed by atoms with Gasteiger partial charge in [0.2, 0.25) is 0 Å². The van der Waals surface area contributed by atoms with Crippen LogP contribution < -0.4 is 0 Å². The lowest BCUT2D eigenvalue weighted by Crippen LogP contribution is -2.25. The Balaban J connectivity index is 2.47. The number of alkyl halides is 1. The summed E-state index contributed by atoms with van der Waals surface area (Å²) in [5.41, 5.74) is 0. The summed E-state index contributed by atoms with van der Waals surface area (Å²) in [5, 5.41) is 0.544. The van der Waals surface area contributed by atoms with Crippen molar-refractivity contribution < 1.29 is 4.79 Å². The standard InChI is InChI=1S/C9H15BrO/c1-7-4-2-3-5-8(7)9(11)6-10/h7-8H,2-6H2,1H3/t7-,8+/m0/s1. The molecular weight excluding hydrogens is 204 g/mol. The molecule has 0 heterocycles. The van der Waals surface area contributed by atoms with Gasteiger partial charge in [-0.3, -0.25) is 4.79 Å². The van der Waals surface area contributed by atoms with Gasteiger partial charge in [0.15, 0.2) is 0 Å². The van der Waals surface area contributed by atoms with Crippen molar-refractivity contribution in [2.75, 3.05) is 5.33 Å². The maximum atomic E-state index is 11.3. The molecule has 0 aromatic carbocycles. The van der Waals surface area contributed by atoms with E-state index in [4.69, 9.17) is 0 Å². The molecule has 1 aliphatic rings. The fraction of sp³-hybridized carbons (Fsp3) is 0.889. The highest BCUT2D eigenvalue weighted by molar-refractivity contribution is 9.09. The number of halogens is 1. The molecule has 0 aliphatic heterocycles. The number of Topliss-reactive ketones (excluding diaryl/α,β-unsaturated/α-hetero) is 1. The van der Waals surface area contributed by atoms with Crippen LogP contribution >= 0.6 is 15.9 Å². The molecule has 1 aliphatic carbocycles. The van der Waals surface area contributed by atoms with Crippen molar-refractivity contribution in [3.63, 3.8) is 0 Å². The van der Waals surface area contributed by atoms with Crippen molar-refractivity contribution >= 4 is 21.7 Å². The maximum absolute atomic E-state index is 11.3. The van der Waals surface area contributed by atoms with Crippen LogP contribution in [0.1, 0.15) is 32.6 Å². The highest BCUT2D eigenvalue weighted by Gasteiger charge is 2.26. The van der Waals surface area contributed by atoms with E-state index >= 15 is 0 Å². The van der Waals surface area contributed by atoms with Crippen molar-refractivity contribution in [3.8, 4) is 0 Å². The van der Waals surface area contributed by atoms with Gasteiger partial charge in [-0.05, 0) is 12.3 Å². The fourth-order valence-electron chi connectivity index (χ4n) is 1.89. The molecule has 0 spiro atoms. The van der Waals surface area contributed by atoms with E-state index in [1.165, 1.54) is 19.3 Å².